The van der Waals surface area contributed by atoms with Crippen LogP contribution in [0.2, 0.25) is 0 Å². The predicted molar refractivity (Wildman–Crippen MR) is 117 cm³/mol. The maximum absolute atomic E-state index is 13.4. The van der Waals surface area contributed by atoms with Gasteiger partial charge in [0, 0.05) is 11.6 Å². The summed E-state index contributed by atoms with van der Waals surface area (Å²) in [6.45, 7) is 7.68. The summed E-state index contributed by atoms with van der Waals surface area (Å²) >= 11 is 0. The number of benzene rings is 2. The molecule has 6 heteroatoms. The topological polar surface area (TPSA) is 89.1 Å². The number of rotatable bonds is 3. The standard InChI is InChI=1S/C24H24O6/c1-12(2)6-7-13-10-15-21(27)18-17(29-22(15)23(28-5)19(13)25)11-16-14(20(18)26)8-9-24(3,4)30-16/h6,8-11,25-26H,7H2,1-5H3. The minimum absolute atomic E-state index is 0.0649. The lowest BCUT2D eigenvalue weighted by molar-refractivity contribution is 0.158. The average Bonchev–Trinajstić information content (AvgIpc) is 2.65. The van der Waals surface area contributed by atoms with Gasteiger partial charge in [0.2, 0.25) is 11.2 Å². The second-order valence-electron chi connectivity index (χ2n) is 8.26. The maximum atomic E-state index is 13.4. The van der Waals surface area contributed by atoms with Gasteiger partial charge in [-0.1, -0.05) is 11.6 Å². The van der Waals surface area contributed by atoms with E-state index >= 15 is 0 Å². The fourth-order valence-electron chi connectivity index (χ4n) is 3.64. The van der Waals surface area contributed by atoms with Crippen molar-refractivity contribution in [3.63, 3.8) is 0 Å². The summed E-state index contributed by atoms with van der Waals surface area (Å²) in [6.07, 6.45) is 5.94. The van der Waals surface area contributed by atoms with Crippen molar-refractivity contribution in [2.75, 3.05) is 7.11 Å². The molecular weight excluding hydrogens is 384 g/mol. The van der Waals surface area contributed by atoms with Crippen LogP contribution >= 0.6 is 0 Å². The van der Waals surface area contributed by atoms with E-state index in [-0.39, 0.29) is 39.2 Å². The van der Waals surface area contributed by atoms with Crippen molar-refractivity contribution in [2.45, 2.75) is 39.7 Å². The molecule has 0 aliphatic carbocycles. The van der Waals surface area contributed by atoms with Crippen molar-refractivity contribution in [3.8, 4) is 23.0 Å². The third kappa shape index (κ3) is 3.09. The third-order valence-corrected chi connectivity index (χ3v) is 5.20. The highest BCUT2D eigenvalue weighted by Crippen LogP contribution is 2.44. The molecule has 156 valence electrons. The first-order chi connectivity index (χ1) is 14.1. The first-order valence-corrected chi connectivity index (χ1v) is 9.70. The van der Waals surface area contributed by atoms with E-state index in [2.05, 4.69) is 0 Å². The molecule has 6 nitrogen and oxygen atoms in total. The molecule has 2 aromatic carbocycles. The summed E-state index contributed by atoms with van der Waals surface area (Å²) < 4.78 is 17.3. The first kappa shape index (κ1) is 19.9. The van der Waals surface area contributed by atoms with Crippen LogP contribution in [-0.2, 0) is 6.42 Å². The first-order valence-electron chi connectivity index (χ1n) is 9.70. The van der Waals surface area contributed by atoms with E-state index in [9.17, 15) is 15.0 Å². The second-order valence-corrected chi connectivity index (χ2v) is 8.26. The molecule has 1 aromatic heterocycles. The van der Waals surface area contributed by atoms with Crippen molar-refractivity contribution in [3.05, 3.63) is 51.2 Å². The van der Waals surface area contributed by atoms with Gasteiger partial charge in [-0.15, -0.1) is 0 Å². The largest absolute Gasteiger partial charge is 0.506 e. The Kier molecular flexibility index (Phi) is 4.53. The zero-order chi connectivity index (χ0) is 21.8. The third-order valence-electron chi connectivity index (χ3n) is 5.20. The lowest BCUT2D eigenvalue weighted by Gasteiger charge is -2.28. The normalized spacial score (nSPS) is 14.4. The van der Waals surface area contributed by atoms with E-state index in [4.69, 9.17) is 13.9 Å². The molecule has 4 rings (SSSR count). The molecule has 0 saturated heterocycles. The quantitative estimate of drug-likeness (QED) is 0.465. The SMILES string of the molecule is COc1c(O)c(CC=C(C)C)cc2c(=O)c3c(O)c4c(cc3oc12)OC(C)(C)C=C4. The van der Waals surface area contributed by atoms with E-state index in [0.717, 1.165) is 5.57 Å². The molecule has 1 aliphatic heterocycles. The minimum atomic E-state index is -0.556. The summed E-state index contributed by atoms with van der Waals surface area (Å²) in [4.78, 5) is 13.4. The van der Waals surface area contributed by atoms with Crippen LogP contribution in [0.3, 0.4) is 0 Å². The minimum Gasteiger partial charge on any atom is -0.506 e. The van der Waals surface area contributed by atoms with Crippen LogP contribution < -0.4 is 14.9 Å². The van der Waals surface area contributed by atoms with Gasteiger partial charge in [0.1, 0.15) is 28.1 Å². The van der Waals surface area contributed by atoms with Gasteiger partial charge in [-0.2, -0.15) is 0 Å². The number of phenolic OH excluding ortho intramolecular Hbond substituents is 2. The molecule has 0 unspecified atom stereocenters. The van der Waals surface area contributed by atoms with Crippen LogP contribution in [0.15, 0.2) is 39.1 Å². The molecule has 0 bridgehead atoms. The number of hydrogen-bond acceptors (Lipinski definition) is 6. The van der Waals surface area contributed by atoms with Crippen molar-refractivity contribution in [1.82, 2.24) is 0 Å². The van der Waals surface area contributed by atoms with Crippen molar-refractivity contribution >= 4 is 28.0 Å². The highest BCUT2D eigenvalue weighted by Gasteiger charge is 2.27. The molecule has 0 spiro atoms. The van der Waals surface area contributed by atoms with Crippen LogP contribution in [0.1, 0.15) is 38.8 Å². The predicted octanol–water partition coefficient (Wildman–Crippen LogP) is 5.06. The fraction of sp³-hybridized carbons (Fsp3) is 0.292. The molecule has 30 heavy (non-hydrogen) atoms. The van der Waals surface area contributed by atoms with Gasteiger partial charge in [0.15, 0.2) is 11.3 Å². The second kappa shape index (κ2) is 6.83. The van der Waals surface area contributed by atoms with Gasteiger partial charge in [-0.25, -0.2) is 0 Å². The molecule has 0 fully saturated rings. The monoisotopic (exact) mass is 408 g/mol. The summed E-state index contributed by atoms with van der Waals surface area (Å²) in [5.74, 6) is 0.232. The van der Waals surface area contributed by atoms with E-state index < -0.39 is 11.0 Å². The number of allylic oxidation sites excluding steroid dienone is 2. The highest BCUT2D eigenvalue weighted by molar-refractivity contribution is 5.99. The Labute approximate surface area is 173 Å². The molecule has 0 saturated carbocycles. The van der Waals surface area contributed by atoms with Gasteiger partial charge < -0.3 is 24.1 Å². The molecule has 2 heterocycles. The smallest absolute Gasteiger partial charge is 0.204 e. The number of aromatic hydroxyl groups is 2. The Balaban J connectivity index is 2.08. The van der Waals surface area contributed by atoms with Gasteiger partial charge in [0.05, 0.1) is 18.1 Å². The summed E-state index contributed by atoms with van der Waals surface area (Å²) in [6, 6.07) is 3.18. The Morgan fingerprint density at radius 1 is 1.20 bits per heavy atom. The van der Waals surface area contributed by atoms with Gasteiger partial charge >= 0.3 is 0 Å². The van der Waals surface area contributed by atoms with Crippen molar-refractivity contribution < 1.29 is 24.1 Å². The molecule has 0 atom stereocenters. The summed E-state index contributed by atoms with van der Waals surface area (Å²) in [5, 5.41) is 21.8. The van der Waals surface area contributed by atoms with Gasteiger partial charge in [-0.05, 0) is 52.3 Å². The van der Waals surface area contributed by atoms with E-state index in [1.54, 1.807) is 18.2 Å². The molecular formula is C24H24O6. The summed E-state index contributed by atoms with van der Waals surface area (Å²) in [7, 11) is 1.41. The number of fused-ring (bicyclic) bond motifs is 3. The van der Waals surface area contributed by atoms with Crippen molar-refractivity contribution in [1.29, 1.82) is 0 Å². The Morgan fingerprint density at radius 2 is 1.93 bits per heavy atom. The molecule has 3 aromatic rings. The van der Waals surface area contributed by atoms with Crippen LogP contribution in [-0.4, -0.2) is 22.9 Å². The lowest BCUT2D eigenvalue weighted by atomic mass is 9.98. The number of ether oxygens (including phenoxy) is 2. The summed E-state index contributed by atoms with van der Waals surface area (Å²) in [5.41, 5.74) is 1.38. The number of methoxy groups -OCH3 is 1. The van der Waals surface area contributed by atoms with Crippen LogP contribution in [0.5, 0.6) is 23.0 Å². The average molecular weight is 408 g/mol. The fourth-order valence-corrected chi connectivity index (χ4v) is 3.64. The molecule has 2 N–H and O–H groups in total. The molecule has 1 aliphatic rings. The Hall–Kier alpha value is -3.41. The van der Waals surface area contributed by atoms with E-state index in [1.807, 2.05) is 39.8 Å². The number of phenols is 2. The van der Waals surface area contributed by atoms with Crippen LogP contribution in [0.25, 0.3) is 28.0 Å². The Morgan fingerprint density at radius 3 is 2.60 bits per heavy atom. The molecule has 0 radical (unpaired) electrons. The highest BCUT2D eigenvalue weighted by atomic mass is 16.5. The Bertz CT molecular complexity index is 1300. The maximum Gasteiger partial charge on any atom is 0.204 e. The lowest BCUT2D eigenvalue weighted by Crippen LogP contribution is -2.27. The van der Waals surface area contributed by atoms with Crippen molar-refractivity contribution in [2.24, 2.45) is 0 Å². The van der Waals surface area contributed by atoms with E-state index in [0.29, 0.717) is 23.3 Å². The number of hydrogen-bond donors (Lipinski definition) is 2. The van der Waals surface area contributed by atoms with Crippen LogP contribution in [0, 0.1) is 0 Å². The van der Waals surface area contributed by atoms with Gasteiger partial charge in [-0.3, -0.25) is 4.79 Å². The van der Waals surface area contributed by atoms with Crippen LogP contribution in [0.4, 0.5) is 0 Å². The zero-order valence-corrected chi connectivity index (χ0v) is 17.6. The van der Waals surface area contributed by atoms with E-state index in [1.165, 1.54) is 7.11 Å². The zero-order valence-electron chi connectivity index (χ0n) is 17.6. The van der Waals surface area contributed by atoms with Gasteiger partial charge in [0.25, 0.3) is 0 Å². The molecule has 0 amide bonds.